The van der Waals surface area contributed by atoms with E-state index < -0.39 is 0 Å². The Hall–Kier alpha value is -2.08. The fourth-order valence-electron chi connectivity index (χ4n) is 1.42. The molecule has 0 fully saturated rings. The number of benzene rings is 2. The van der Waals surface area contributed by atoms with Crippen molar-refractivity contribution >= 4 is 12.2 Å². The zero-order chi connectivity index (χ0) is 12.5. The smallest absolute Gasteiger partial charge is 0.0190 e. The number of hydrogen-bond donors (Lipinski definition) is 0. The Labute approximate surface area is 104 Å². The van der Waals surface area contributed by atoms with Crippen molar-refractivity contribution < 1.29 is 0 Å². The van der Waals surface area contributed by atoms with Crippen LogP contribution in [0.4, 0.5) is 0 Å². The Balaban J connectivity index is 0.000000181. The third-order valence-electron chi connectivity index (χ3n) is 2.38. The van der Waals surface area contributed by atoms with E-state index in [0.29, 0.717) is 0 Å². The Kier molecular flexibility index (Phi) is 5.53. The van der Waals surface area contributed by atoms with Crippen LogP contribution in [0.15, 0.2) is 67.8 Å². The lowest BCUT2D eigenvalue weighted by Gasteiger charge is -1.96. The van der Waals surface area contributed by atoms with Gasteiger partial charge in [-0.3, -0.25) is 0 Å². The van der Waals surface area contributed by atoms with Crippen LogP contribution < -0.4 is 0 Å². The Morgan fingerprint density at radius 3 is 1.41 bits per heavy atom. The molecular formula is C17H18. The number of rotatable bonds is 2. The third kappa shape index (κ3) is 4.52. The molecule has 86 valence electrons. The number of aryl methyl sites for hydroxylation is 1. The van der Waals surface area contributed by atoms with Crippen molar-refractivity contribution in [2.24, 2.45) is 0 Å². The highest BCUT2D eigenvalue weighted by Crippen LogP contribution is 2.10. The normalized spacial score (nSPS) is 8.76. The first-order valence-electron chi connectivity index (χ1n) is 5.63. The molecular weight excluding hydrogens is 204 g/mol. The molecule has 2 aromatic rings. The van der Waals surface area contributed by atoms with Gasteiger partial charge in [0.1, 0.15) is 0 Å². The first kappa shape index (κ1) is 13.0. The summed E-state index contributed by atoms with van der Waals surface area (Å²) in [7, 11) is 0. The van der Waals surface area contributed by atoms with Crippen LogP contribution in [0.1, 0.15) is 16.7 Å². The minimum absolute atomic E-state index is 1.14. The summed E-state index contributed by atoms with van der Waals surface area (Å²) in [5, 5.41) is 0. The summed E-state index contributed by atoms with van der Waals surface area (Å²) in [4.78, 5) is 0. The molecule has 0 heteroatoms. The average Bonchev–Trinajstić information content (AvgIpc) is 2.40. The molecule has 0 radical (unpaired) electrons. The van der Waals surface area contributed by atoms with E-state index in [1.807, 2.05) is 54.6 Å². The van der Waals surface area contributed by atoms with Crippen molar-refractivity contribution in [3.63, 3.8) is 0 Å². The summed E-state index contributed by atoms with van der Waals surface area (Å²) in [6, 6.07) is 18.3. The fourth-order valence-corrected chi connectivity index (χ4v) is 1.42. The van der Waals surface area contributed by atoms with Crippen molar-refractivity contribution in [1.82, 2.24) is 0 Å². The maximum absolute atomic E-state index is 3.69. The van der Waals surface area contributed by atoms with Gasteiger partial charge in [0.15, 0.2) is 0 Å². The van der Waals surface area contributed by atoms with Crippen LogP contribution in [0.3, 0.4) is 0 Å². The molecule has 0 bridgehead atoms. The maximum atomic E-state index is 3.69. The lowest BCUT2D eigenvalue weighted by Crippen LogP contribution is -1.76. The van der Waals surface area contributed by atoms with Gasteiger partial charge in [0.05, 0.1) is 0 Å². The molecule has 2 rings (SSSR count). The summed E-state index contributed by atoms with van der Waals surface area (Å²) in [5.41, 5.74) is 3.59. The Bertz CT molecular complexity index is 439. The molecule has 0 aliphatic carbocycles. The molecule has 0 atom stereocenters. The van der Waals surface area contributed by atoms with E-state index in [1.165, 1.54) is 5.56 Å². The van der Waals surface area contributed by atoms with Gasteiger partial charge in [0.2, 0.25) is 0 Å². The van der Waals surface area contributed by atoms with Crippen molar-refractivity contribution in [3.05, 3.63) is 84.4 Å². The highest BCUT2D eigenvalue weighted by molar-refractivity contribution is 5.63. The molecule has 0 nitrogen and oxygen atoms in total. The molecule has 0 saturated carbocycles. The van der Waals surface area contributed by atoms with Crippen LogP contribution in [0.25, 0.3) is 12.2 Å². The molecule has 0 N–H and O–H groups in total. The molecule has 0 aliphatic heterocycles. The third-order valence-corrected chi connectivity index (χ3v) is 2.38. The molecule has 2 aromatic carbocycles. The standard InChI is InChI=1S/C10H10.C7H8/c1-3-9-7-5-6-8-10(9)4-2;1-7-5-3-2-4-6-7/h3-8H,1-2H2;2-6H,1H3. The Morgan fingerprint density at radius 2 is 1.12 bits per heavy atom. The molecule has 17 heavy (non-hydrogen) atoms. The van der Waals surface area contributed by atoms with Crippen molar-refractivity contribution in [1.29, 1.82) is 0 Å². The lowest BCUT2D eigenvalue weighted by molar-refractivity contribution is 1.48. The topological polar surface area (TPSA) is 0 Å². The highest BCUT2D eigenvalue weighted by Gasteiger charge is 1.89. The minimum atomic E-state index is 1.14. The molecule has 0 amide bonds. The fraction of sp³-hybridized carbons (Fsp3) is 0.0588. The predicted molar refractivity (Wildman–Crippen MR) is 77.8 cm³/mol. The van der Waals surface area contributed by atoms with Gasteiger partial charge in [-0.05, 0) is 18.1 Å². The van der Waals surface area contributed by atoms with Gasteiger partial charge < -0.3 is 0 Å². The minimum Gasteiger partial charge on any atom is -0.0984 e. The maximum Gasteiger partial charge on any atom is -0.0190 e. The van der Waals surface area contributed by atoms with Gasteiger partial charge in [-0.2, -0.15) is 0 Å². The second-order valence-electron chi connectivity index (χ2n) is 3.69. The van der Waals surface area contributed by atoms with Crippen LogP contribution in [-0.4, -0.2) is 0 Å². The van der Waals surface area contributed by atoms with Gasteiger partial charge in [0.25, 0.3) is 0 Å². The van der Waals surface area contributed by atoms with Crippen LogP contribution >= 0.6 is 0 Å². The van der Waals surface area contributed by atoms with Gasteiger partial charge in [0, 0.05) is 0 Å². The van der Waals surface area contributed by atoms with Gasteiger partial charge in [-0.15, -0.1) is 0 Å². The van der Waals surface area contributed by atoms with Crippen LogP contribution in [0.5, 0.6) is 0 Å². The predicted octanol–water partition coefficient (Wildman–Crippen LogP) is 4.97. The van der Waals surface area contributed by atoms with Crippen LogP contribution in [-0.2, 0) is 0 Å². The van der Waals surface area contributed by atoms with E-state index in [4.69, 9.17) is 0 Å². The van der Waals surface area contributed by atoms with Gasteiger partial charge >= 0.3 is 0 Å². The monoisotopic (exact) mass is 222 g/mol. The summed E-state index contributed by atoms with van der Waals surface area (Å²) in [6.07, 6.45) is 3.66. The van der Waals surface area contributed by atoms with Crippen LogP contribution in [0.2, 0.25) is 0 Å². The van der Waals surface area contributed by atoms with E-state index in [9.17, 15) is 0 Å². The first-order valence-corrected chi connectivity index (χ1v) is 5.63. The second kappa shape index (κ2) is 7.24. The molecule has 0 aliphatic rings. The zero-order valence-corrected chi connectivity index (χ0v) is 10.3. The van der Waals surface area contributed by atoms with Gasteiger partial charge in [-0.25, -0.2) is 0 Å². The molecule has 0 spiro atoms. The largest absolute Gasteiger partial charge is 0.0984 e. The van der Waals surface area contributed by atoms with Gasteiger partial charge in [-0.1, -0.05) is 85.5 Å². The molecule has 0 saturated heterocycles. The van der Waals surface area contributed by atoms with Crippen molar-refractivity contribution in [2.75, 3.05) is 0 Å². The SMILES string of the molecule is C=Cc1ccccc1C=C.Cc1ccccc1. The Morgan fingerprint density at radius 1 is 0.706 bits per heavy atom. The number of hydrogen-bond acceptors (Lipinski definition) is 0. The summed E-state index contributed by atoms with van der Waals surface area (Å²) in [5.74, 6) is 0. The first-order chi connectivity index (χ1) is 8.27. The summed E-state index contributed by atoms with van der Waals surface area (Å²) < 4.78 is 0. The van der Waals surface area contributed by atoms with Crippen LogP contribution in [0, 0.1) is 6.92 Å². The van der Waals surface area contributed by atoms with E-state index >= 15 is 0 Å². The molecule has 0 heterocycles. The molecule has 0 aromatic heterocycles. The van der Waals surface area contributed by atoms with E-state index in [-0.39, 0.29) is 0 Å². The highest BCUT2D eigenvalue weighted by atomic mass is 13.9. The zero-order valence-electron chi connectivity index (χ0n) is 10.3. The quantitative estimate of drug-likeness (QED) is 0.673. The van der Waals surface area contributed by atoms with E-state index in [2.05, 4.69) is 32.2 Å². The lowest BCUT2D eigenvalue weighted by atomic mass is 10.1. The summed E-state index contributed by atoms with van der Waals surface area (Å²) >= 11 is 0. The van der Waals surface area contributed by atoms with E-state index in [0.717, 1.165) is 11.1 Å². The average molecular weight is 222 g/mol. The van der Waals surface area contributed by atoms with Crippen molar-refractivity contribution in [2.45, 2.75) is 6.92 Å². The second-order valence-corrected chi connectivity index (χ2v) is 3.69. The molecule has 0 unspecified atom stereocenters. The van der Waals surface area contributed by atoms with E-state index in [1.54, 1.807) is 0 Å². The van der Waals surface area contributed by atoms with Crippen molar-refractivity contribution in [3.8, 4) is 0 Å². The summed E-state index contributed by atoms with van der Waals surface area (Å²) in [6.45, 7) is 9.47.